The topological polar surface area (TPSA) is 131 Å². The van der Waals surface area contributed by atoms with Crippen LogP contribution in [-0.2, 0) is 24.2 Å². The Labute approximate surface area is 294 Å². The molecule has 0 bridgehead atoms. The zero-order valence-corrected chi connectivity index (χ0v) is 29.0. The number of carbonyl (C=O) groups excluding carboxylic acids is 1. The molecule has 2 saturated heterocycles. The first-order valence-corrected chi connectivity index (χ1v) is 19.0. The molecule has 7 rings (SSSR count). The molecule has 0 spiro atoms. The molecule has 1 amide bonds. The number of ether oxygens (including phenoxy) is 3. The molecule has 3 heterocycles. The lowest BCUT2D eigenvalue weighted by Crippen LogP contribution is -2.58. The summed E-state index contributed by atoms with van der Waals surface area (Å²) in [5.74, 6) is 0.224. The van der Waals surface area contributed by atoms with E-state index in [4.69, 9.17) is 14.3 Å². The van der Waals surface area contributed by atoms with E-state index in [0.29, 0.717) is 62.9 Å². The van der Waals surface area contributed by atoms with Crippen molar-refractivity contribution in [1.29, 1.82) is 0 Å². The van der Waals surface area contributed by atoms with E-state index in [0.717, 1.165) is 37.2 Å². The number of benzene rings is 2. The van der Waals surface area contributed by atoms with Crippen LogP contribution in [0.3, 0.4) is 0 Å². The molecule has 2 atom stereocenters. The molecule has 2 aromatic rings. The van der Waals surface area contributed by atoms with Gasteiger partial charge in [-0.15, -0.1) is 13.2 Å². The highest BCUT2D eigenvalue weighted by Crippen LogP contribution is 2.39. The monoisotopic (exact) mass is 733 g/mol. The van der Waals surface area contributed by atoms with Gasteiger partial charge in [0.2, 0.25) is 0 Å². The first-order chi connectivity index (χ1) is 24.5. The molecule has 2 aromatic carbocycles. The van der Waals surface area contributed by atoms with Crippen molar-refractivity contribution in [3.8, 4) is 11.5 Å². The maximum absolute atomic E-state index is 14.2. The Bertz CT molecular complexity index is 1720. The molecule has 276 valence electrons. The van der Waals surface area contributed by atoms with E-state index in [1.165, 1.54) is 37.1 Å². The Balaban J connectivity index is 0.947. The second kappa shape index (κ2) is 14.7. The number of amides is 1. The number of alkyl halides is 3. The Hall–Kier alpha value is -3.73. The van der Waals surface area contributed by atoms with Crippen LogP contribution in [0.4, 0.5) is 13.2 Å². The van der Waals surface area contributed by atoms with E-state index in [1.807, 2.05) is 0 Å². The van der Waals surface area contributed by atoms with Gasteiger partial charge in [0.15, 0.2) is 20.9 Å². The Morgan fingerprint density at radius 1 is 0.980 bits per heavy atom. The van der Waals surface area contributed by atoms with Crippen molar-refractivity contribution in [3.05, 3.63) is 54.1 Å². The van der Waals surface area contributed by atoms with Crippen molar-refractivity contribution in [3.63, 3.8) is 0 Å². The predicted molar refractivity (Wildman–Crippen MR) is 180 cm³/mol. The fourth-order valence-corrected chi connectivity index (χ4v) is 8.75. The Morgan fingerprint density at radius 3 is 2.37 bits per heavy atom. The maximum atomic E-state index is 14.2. The second-order valence-electron chi connectivity index (χ2n) is 13.8. The summed E-state index contributed by atoms with van der Waals surface area (Å²) in [5.41, 5.74) is 4.86. The summed E-state index contributed by atoms with van der Waals surface area (Å²) in [4.78, 5) is 21.5. The van der Waals surface area contributed by atoms with Crippen molar-refractivity contribution in [2.45, 2.75) is 80.1 Å². The summed E-state index contributed by atoms with van der Waals surface area (Å²) in [7, 11) is -4.12. The normalized spacial score (nSPS) is 23.5. The van der Waals surface area contributed by atoms with Gasteiger partial charge in [-0.2, -0.15) is 15.3 Å². The highest BCUT2D eigenvalue weighted by Gasteiger charge is 2.53. The Kier molecular flexibility index (Phi) is 10.3. The lowest BCUT2D eigenvalue weighted by molar-refractivity contribution is -0.274. The number of hydroxylamine groups is 1. The minimum Gasteiger partial charge on any atom is -0.494 e. The molecule has 0 radical (unpaired) electrons. The van der Waals surface area contributed by atoms with Crippen LogP contribution in [0.25, 0.3) is 0 Å². The van der Waals surface area contributed by atoms with Crippen LogP contribution >= 0.6 is 0 Å². The maximum Gasteiger partial charge on any atom is 0.573 e. The Morgan fingerprint density at radius 2 is 1.71 bits per heavy atom. The molecule has 2 aliphatic carbocycles. The number of likely N-dealkylation sites (tertiary alicyclic amines) is 1. The summed E-state index contributed by atoms with van der Waals surface area (Å²) in [5, 5.41) is 10.7. The largest absolute Gasteiger partial charge is 0.573 e. The summed E-state index contributed by atoms with van der Waals surface area (Å²) in [6, 6.07) is 11.8. The van der Waals surface area contributed by atoms with Crippen molar-refractivity contribution in [2.75, 3.05) is 39.4 Å². The lowest BCUT2D eigenvalue weighted by atomic mass is 9.94. The first-order valence-electron chi connectivity index (χ1n) is 17.6. The fraction of sp³-hybridized carbons (Fsp3) is 0.571. The standard InChI is InChI=1S/C35H42F3N5O7S/c36-35(37,38)49-27-9-7-25(8-10-27)32-29-22-30(29)39-43(40-32)17-3-21-47-26-11-13-28(14-12-26)51(45,46)34(15-18-42(19-16-34)23-24-5-6-24)33(44)41-50-31-4-1-2-20-48-31/h7-14,24,29,31H,1-6,15-23H2,(H,41,44). The zero-order chi connectivity index (χ0) is 35.6. The lowest BCUT2D eigenvalue weighted by Gasteiger charge is -2.40. The quantitative estimate of drug-likeness (QED) is 0.210. The van der Waals surface area contributed by atoms with Gasteiger partial charge in [-0.05, 0) is 98.5 Å². The number of hydrogen-bond donors (Lipinski definition) is 1. The van der Waals surface area contributed by atoms with E-state index < -0.39 is 33.1 Å². The molecule has 2 unspecified atom stereocenters. The van der Waals surface area contributed by atoms with Crippen LogP contribution in [0.5, 0.6) is 11.5 Å². The third kappa shape index (κ3) is 8.50. The number of hydrogen-bond acceptors (Lipinski definition) is 11. The van der Waals surface area contributed by atoms with E-state index >= 15 is 0 Å². The minimum absolute atomic E-state index is 0.0394. The highest BCUT2D eigenvalue weighted by molar-refractivity contribution is 7.93. The molecule has 4 fully saturated rings. The van der Waals surface area contributed by atoms with Gasteiger partial charge in [-0.1, -0.05) is 0 Å². The van der Waals surface area contributed by atoms with E-state index in [2.05, 4.69) is 25.3 Å². The van der Waals surface area contributed by atoms with Crippen LogP contribution in [-0.4, -0.2) is 92.6 Å². The van der Waals surface area contributed by atoms with Crippen LogP contribution in [0, 0.1) is 11.8 Å². The molecule has 3 aliphatic heterocycles. The molecule has 16 heteroatoms. The smallest absolute Gasteiger partial charge is 0.494 e. The fourth-order valence-electron chi connectivity index (χ4n) is 6.80. The third-order valence-corrected chi connectivity index (χ3v) is 12.5. The van der Waals surface area contributed by atoms with Gasteiger partial charge in [0, 0.05) is 51.4 Å². The van der Waals surface area contributed by atoms with E-state index in [1.54, 1.807) is 29.4 Å². The van der Waals surface area contributed by atoms with Crippen LogP contribution in [0.2, 0.25) is 0 Å². The number of fused-ring (bicyclic) bond motifs is 1. The number of piperidine rings is 1. The number of carbonyl (C=O) groups is 1. The van der Waals surface area contributed by atoms with Crippen molar-refractivity contribution in [2.24, 2.45) is 22.0 Å². The molecule has 2 saturated carbocycles. The summed E-state index contributed by atoms with van der Waals surface area (Å²) < 4.78 is 79.8. The number of hydrazone groups is 2. The molecule has 5 aliphatic rings. The average Bonchev–Trinajstić information content (AvgIpc) is 4.06. The number of nitrogens with one attached hydrogen (secondary N) is 1. The minimum atomic E-state index is -4.76. The van der Waals surface area contributed by atoms with Gasteiger partial charge in [-0.25, -0.2) is 18.7 Å². The third-order valence-electron chi connectivity index (χ3n) is 9.97. The van der Waals surface area contributed by atoms with E-state index in [9.17, 15) is 26.4 Å². The van der Waals surface area contributed by atoms with Crippen LogP contribution in [0.1, 0.15) is 63.4 Å². The molecular weight excluding hydrogens is 691 g/mol. The molecule has 0 aromatic heterocycles. The average molecular weight is 734 g/mol. The van der Waals surface area contributed by atoms with Crippen LogP contribution in [0.15, 0.2) is 63.6 Å². The van der Waals surface area contributed by atoms with Gasteiger partial charge in [-0.3, -0.25) is 4.79 Å². The van der Waals surface area contributed by atoms with Gasteiger partial charge < -0.3 is 19.1 Å². The molecule has 1 N–H and O–H groups in total. The zero-order valence-electron chi connectivity index (χ0n) is 28.1. The summed E-state index contributed by atoms with van der Waals surface area (Å²) in [6.07, 6.45) is 1.07. The summed E-state index contributed by atoms with van der Waals surface area (Å²) >= 11 is 0. The molecular formula is C35H42F3N5O7S. The van der Waals surface area contributed by atoms with Crippen LogP contribution < -0.4 is 15.0 Å². The van der Waals surface area contributed by atoms with Gasteiger partial charge >= 0.3 is 6.36 Å². The highest BCUT2D eigenvalue weighted by atomic mass is 32.2. The molecule has 51 heavy (non-hydrogen) atoms. The number of halogens is 3. The van der Waals surface area contributed by atoms with Gasteiger partial charge in [0.25, 0.3) is 5.91 Å². The SMILES string of the molecule is O=C(NOC1CCCCO1)C1(S(=O)(=O)c2ccc(OCCCN3N=C4CC4C(c4ccc(OC(F)(F)F)cc4)=N3)cc2)CCN(CC2CC2)CC1. The predicted octanol–water partition coefficient (Wildman–Crippen LogP) is 5.04. The second-order valence-corrected chi connectivity index (χ2v) is 16.0. The number of nitrogens with zero attached hydrogens (tertiary/aromatic N) is 4. The van der Waals surface area contributed by atoms with Gasteiger partial charge in [0.05, 0.1) is 29.5 Å². The van der Waals surface area contributed by atoms with Crippen molar-refractivity contribution >= 4 is 27.2 Å². The van der Waals surface area contributed by atoms with Gasteiger partial charge in [0.1, 0.15) is 11.5 Å². The first kappa shape index (κ1) is 35.7. The molecule has 12 nitrogen and oxygen atoms in total. The summed E-state index contributed by atoms with van der Waals surface area (Å²) in [6.45, 7) is 3.19. The number of rotatable bonds is 14. The van der Waals surface area contributed by atoms with Crippen molar-refractivity contribution < 1.29 is 45.4 Å². The van der Waals surface area contributed by atoms with Crippen molar-refractivity contribution in [1.82, 2.24) is 15.5 Å². The van der Waals surface area contributed by atoms with E-state index in [-0.39, 0.29) is 29.4 Å². The number of sulfone groups is 1.